The molecule has 346 valence electrons. The van der Waals surface area contributed by atoms with Crippen LogP contribution in [0.5, 0.6) is 0 Å². The molecule has 0 spiro atoms. The Balaban J connectivity index is 2.46. The summed E-state index contributed by atoms with van der Waals surface area (Å²) >= 11 is 0. The molecule has 13 nitrogen and oxygen atoms in total. The van der Waals surface area contributed by atoms with E-state index in [1.165, 1.54) is 89.9 Å². The zero-order valence-electron chi connectivity index (χ0n) is 36.6. The predicted octanol–water partition coefficient (Wildman–Crippen LogP) is 8.84. The number of carbonyl (C=O) groups is 2. The molecule has 6 N–H and O–H groups in total. The molecule has 0 aromatic heterocycles. The SMILES string of the molecule is CCCC/C=C/CCCCCCCCCCCC(=O)O[C@H](COC(=O)CCCCCCCCC/C=C/CCCCCC)COP(=O)(O)OC1C(O)C(O)C(O)[C@@H](O)C1O. The van der Waals surface area contributed by atoms with Crippen LogP contribution in [0, 0.1) is 0 Å². The molecule has 1 aliphatic carbocycles. The van der Waals surface area contributed by atoms with Gasteiger partial charge in [-0.15, -0.1) is 0 Å². The molecule has 6 unspecified atom stereocenters. The number of phosphoric ester groups is 1. The summed E-state index contributed by atoms with van der Waals surface area (Å²) in [6.45, 7) is 3.26. The largest absolute Gasteiger partial charge is 0.472 e. The van der Waals surface area contributed by atoms with Gasteiger partial charge < -0.3 is 39.9 Å². The Hall–Kier alpha value is -1.67. The van der Waals surface area contributed by atoms with Crippen LogP contribution in [0.25, 0.3) is 0 Å². The highest BCUT2D eigenvalue weighted by Crippen LogP contribution is 2.47. The molecule has 0 radical (unpaired) electrons. The van der Waals surface area contributed by atoms with Gasteiger partial charge in [0, 0.05) is 12.8 Å². The molecular weight excluding hydrogens is 779 g/mol. The van der Waals surface area contributed by atoms with Gasteiger partial charge in [-0.05, 0) is 57.8 Å². The molecule has 59 heavy (non-hydrogen) atoms. The van der Waals surface area contributed by atoms with Crippen LogP contribution < -0.4 is 0 Å². The molecular formula is C45H83O13P. The second-order valence-corrected chi connectivity index (χ2v) is 17.7. The molecule has 8 atom stereocenters. The van der Waals surface area contributed by atoms with Gasteiger partial charge in [0.05, 0.1) is 6.61 Å². The van der Waals surface area contributed by atoms with Crippen molar-refractivity contribution in [2.75, 3.05) is 13.2 Å². The van der Waals surface area contributed by atoms with Gasteiger partial charge in [0.25, 0.3) is 0 Å². The van der Waals surface area contributed by atoms with E-state index >= 15 is 0 Å². The Labute approximate surface area is 356 Å². The van der Waals surface area contributed by atoms with Gasteiger partial charge in [-0.3, -0.25) is 18.6 Å². The zero-order valence-corrected chi connectivity index (χ0v) is 37.4. The molecule has 0 bridgehead atoms. The van der Waals surface area contributed by atoms with E-state index in [1.54, 1.807) is 0 Å². The summed E-state index contributed by atoms with van der Waals surface area (Å²) < 4.78 is 33.5. The molecule has 1 fully saturated rings. The minimum Gasteiger partial charge on any atom is -0.462 e. The molecule has 0 saturated heterocycles. The summed E-state index contributed by atoms with van der Waals surface area (Å²) in [6.07, 6.45) is 25.1. The molecule has 0 aliphatic heterocycles. The fraction of sp³-hybridized carbons (Fsp3) is 0.867. The molecule has 0 heterocycles. The number of phosphoric acid groups is 1. The van der Waals surface area contributed by atoms with E-state index in [1.807, 2.05) is 0 Å². The first kappa shape index (κ1) is 55.3. The van der Waals surface area contributed by atoms with Gasteiger partial charge in [0.2, 0.25) is 0 Å². The van der Waals surface area contributed by atoms with E-state index < -0.39 is 75.7 Å². The van der Waals surface area contributed by atoms with Crippen LogP contribution >= 0.6 is 7.82 Å². The van der Waals surface area contributed by atoms with E-state index in [0.29, 0.717) is 12.8 Å². The second kappa shape index (κ2) is 35.9. The van der Waals surface area contributed by atoms with Crippen LogP contribution in [0.1, 0.15) is 194 Å². The number of aliphatic hydroxyl groups excluding tert-OH is 5. The number of carbonyl (C=O) groups excluding carboxylic acids is 2. The average Bonchev–Trinajstić information content (AvgIpc) is 3.21. The lowest BCUT2D eigenvalue weighted by Crippen LogP contribution is -2.64. The summed E-state index contributed by atoms with van der Waals surface area (Å²) in [6, 6.07) is 0. The van der Waals surface area contributed by atoms with Gasteiger partial charge >= 0.3 is 19.8 Å². The van der Waals surface area contributed by atoms with Crippen LogP contribution in [0.2, 0.25) is 0 Å². The topological polar surface area (TPSA) is 210 Å². The van der Waals surface area contributed by atoms with Gasteiger partial charge in [-0.1, -0.05) is 147 Å². The van der Waals surface area contributed by atoms with Crippen LogP contribution in [-0.2, 0) is 32.7 Å². The van der Waals surface area contributed by atoms with Crippen molar-refractivity contribution in [1.29, 1.82) is 0 Å². The first-order valence-electron chi connectivity index (χ1n) is 23.1. The highest BCUT2D eigenvalue weighted by molar-refractivity contribution is 7.47. The number of hydrogen-bond donors (Lipinski definition) is 6. The number of allylic oxidation sites excluding steroid dienone is 4. The van der Waals surface area contributed by atoms with E-state index in [-0.39, 0.29) is 12.8 Å². The lowest BCUT2D eigenvalue weighted by atomic mass is 9.85. The molecule has 1 saturated carbocycles. The summed E-state index contributed by atoms with van der Waals surface area (Å²) in [4.78, 5) is 35.7. The maximum absolute atomic E-state index is 12.8. The van der Waals surface area contributed by atoms with Gasteiger partial charge in [-0.25, -0.2) is 4.57 Å². The third kappa shape index (κ3) is 28.5. The Bertz CT molecular complexity index is 1130. The normalized spacial score (nSPS) is 22.5. The summed E-state index contributed by atoms with van der Waals surface area (Å²) in [5.41, 5.74) is 0. The molecule has 0 amide bonds. The van der Waals surface area contributed by atoms with Crippen molar-refractivity contribution >= 4 is 19.8 Å². The Kier molecular flexibility index (Phi) is 33.7. The lowest BCUT2D eigenvalue weighted by molar-refractivity contribution is -0.220. The van der Waals surface area contributed by atoms with Crippen LogP contribution in [-0.4, -0.2) is 98.3 Å². The summed E-state index contributed by atoms with van der Waals surface area (Å²) in [5.74, 6) is -1.10. The summed E-state index contributed by atoms with van der Waals surface area (Å²) in [7, 11) is -5.11. The molecule has 1 rings (SSSR count). The Morgan fingerprint density at radius 3 is 1.34 bits per heavy atom. The zero-order chi connectivity index (χ0) is 43.6. The number of aliphatic hydroxyl groups is 5. The predicted molar refractivity (Wildman–Crippen MR) is 230 cm³/mol. The van der Waals surface area contributed by atoms with E-state index in [2.05, 4.69) is 38.2 Å². The number of rotatable bonds is 38. The average molecular weight is 863 g/mol. The number of ether oxygens (including phenoxy) is 2. The van der Waals surface area contributed by atoms with Gasteiger partial charge in [0.1, 0.15) is 43.2 Å². The van der Waals surface area contributed by atoms with Gasteiger partial charge in [-0.2, -0.15) is 0 Å². The number of hydrogen-bond acceptors (Lipinski definition) is 12. The number of unbranched alkanes of at least 4 members (excludes halogenated alkanes) is 22. The highest BCUT2D eigenvalue weighted by atomic mass is 31.2. The van der Waals surface area contributed by atoms with Gasteiger partial charge in [0.15, 0.2) is 6.10 Å². The Morgan fingerprint density at radius 2 is 0.881 bits per heavy atom. The maximum Gasteiger partial charge on any atom is 0.472 e. The fourth-order valence-electron chi connectivity index (χ4n) is 6.97. The minimum atomic E-state index is -5.11. The van der Waals surface area contributed by atoms with Crippen molar-refractivity contribution in [3.63, 3.8) is 0 Å². The van der Waals surface area contributed by atoms with Crippen molar-refractivity contribution < 1.29 is 63.1 Å². The van der Waals surface area contributed by atoms with E-state index in [4.69, 9.17) is 18.5 Å². The van der Waals surface area contributed by atoms with Crippen molar-refractivity contribution in [2.45, 2.75) is 236 Å². The lowest BCUT2D eigenvalue weighted by Gasteiger charge is -2.41. The maximum atomic E-state index is 12.8. The van der Waals surface area contributed by atoms with E-state index in [0.717, 1.165) is 64.2 Å². The smallest absolute Gasteiger partial charge is 0.462 e. The molecule has 14 heteroatoms. The molecule has 0 aromatic carbocycles. The van der Waals surface area contributed by atoms with Crippen molar-refractivity contribution in [3.05, 3.63) is 24.3 Å². The fourth-order valence-corrected chi connectivity index (χ4v) is 7.94. The molecule has 0 aromatic rings. The summed E-state index contributed by atoms with van der Waals surface area (Å²) in [5, 5.41) is 50.1. The second-order valence-electron chi connectivity index (χ2n) is 16.3. The minimum absolute atomic E-state index is 0.0951. The standard InChI is InChI=1S/C45H83O13P/c1-3-5-7-9-11-13-15-17-19-21-23-25-27-29-31-33-38(46)55-35-37(36-56-59(53,54)58-45-43(51)41(49)40(48)42(50)44(45)52)57-39(47)34-32-30-28-26-24-22-20-18-16-14-12-10-8-6-4-2/h10,12-13,15,37,40-45,48-52H,3-9,11,14,16-36H2,1-2H3,(H,53,54)/b12-10+,15-13+/t37-,40?,41-,42?,43?,44?,45?/m1/s1. The van der Waals surface area contributed by atoms with Crippen molar-refractivity contribution in [3.8, 4) is 0 Å². The molecule has 1 aliphatic rings. The van der Waals surface area contributed by atoms with Crippen molar-refractivity contribution in [1.82, 2.24) is 0 Å². The quantitative estimate of drug-likeness (QED) is 0.0149. The first-order chi connectivity index (χ1) is 28.4. The van der Waals surface area contributed by atoms with E-state index in [9.17, 15) is 44.6 Å². The Morgan fingerprint density at radius 1 is 0.508 bits per heavy atom. The monoisotopic (exact) mass is 863 g/mol. The van der Waals surface area contributed by atoms with Crippen LogP contribution in [0.4, 0.5) is 0 Å². The van der Waals surface area contributed by atoms with Crippen molar-refractivity contribution in [2.24, 2.45) is 0 Å². The number of esters is 2. The van der Waals surface area contributed by atoms with Crippen LogP contribution in [0.15, 0.2) is 24.3 Å². The highest BCUT2D eigenvalue weighted by Gasteiger charge is 2.51. The van der Waals surface area contributed by atoms with Crippen LogP contribution in [0.3, 0.4) is 0 Å². The third-order valence-corrected chi connectivity index (χ3v) is 11.8. The first-order valence-corrected chi connectivity index (χ1v) is 24.6. The third-order valence-electron chi connectivity index (χ3n) is 10.8.